The maximum atomic E-state index is 13.7. The molecule has 0 aliphatic rings. The van der Waals surface area contributed by atoms with Crippen molar-refractivity contribution in [3.8, 4) is 10.4 Å². The molecule has 3 heterocycles. The van der Waals surface area contributed by atoms with Gasteiger partial charge in [-0.15, -0.1) is 22.7 Å². The van der Waals surface area contributed by atoms with Crippen molar-refractivity contribution >= 4 is 38.9 Å². The van der Waals surface area contributed by atoms with Crippen molar-refractivity contribution in [3.05, 3.63) is 74.2 Å². The summed E-state index contributed by atoms with van der Waals surface area (Å²) in [6, 6.07) is 8.02. The summed E-state index contributed by atoms with van der Waals surface area (Å²) in [6.07, 6.45) is -0.791. The Hall–Kier alpha value is -2.84. The zero-order valence-electron chi connectivity index (χ0n) is 15.0. The van der Waals surface area contributed by atoms with E-state index in [0.29, 0.717) is 15.8 Å². The van der Waals surface area contributed by atoms with Crippen LogP contribution in [-0.4, -0.2) is 15.9 Å². The smallest absolute Gasteiger partial charge is 0.338 e. The van der Waals surface area contributed by atoms with E-state index in [9.17, 15) is 14.0 Å². The highest BCUT2D eigenvalue weighted by Crippen LogP contribution is 2.33. The van der Waals surface area contributed by atoms with Crippen LogP contribution in [0, 0.1) is 12.7 Å². The molecule has 4 rings (SSSR count). The van der Waals surface area contributed by atoms with Crippen molar-refractivity contribution in [2.45, 2.75) is 20.0 Å². The van der Waals surface area contributed by atoms with E-state index in [1.165, 1.54) is 23.5 Å². The van der Waals surface area contributed by atoms with Gasteiger partial charge in [-0.2, -0.15) is 0 Å². The average molecular weight is 414 g/mol. The molecule has 1 atom stereocenters. The molecule has 142 valence electrons. The van der Waals surface area contributed by atoms with Gasteiger partial charge in [0.05, 0.1) is 10.9 Å². The first-order valence-electron chi connectivity index (χ1n) is 8.46. The highest BCUT2D eigenvalue weighted by atomic mass is 32.1. The number of ether oxygens (including phenoxy) is 1. The van der Waals surface area contributed by atoms with Gasteiger partial charge in [-0.3, -0.25) is 4.79 Å². The molecular weight excluding hydrogens is 399 g/mol. The summed E-state index contributed by atoms with van der Waals surface area (Å²) in [5, 5.41) is 4.37. The monoisotopic (exact) mass is 414 g/mol. The Bertz CT molecular complexity index is 1230. The van der Waals surface area contributed by atoms with Crippen LogP contribution in [0.15, 0.2) is 45.9 Å². The molecule has 1 N–H and O–H groups in total. The summed E-state index contributed by atoms with van der Waals surface area (Å²) in [5.41, 5.74) is 1.11. The number of carbonyl (C=O) groups is 1. The summed E-state index contributed by atoms with van der Waals surface area (Å²) >= 11 is 2.91. The van der Waals surface area contributed by atoms with Gasteiger partial charge in [0.1, 0.15) is 10.6 Å². The van der Waals surface area contributed by atoms with Crippen LogP contribution in [0.4, 0.5) is 4.39 Å². The number of fused-ring (bicyclic) bond motifs is 1. The Kier molecular flexibility index (Phi) is 4.82. The molecule has 0 spiro atoms. The van der Waals surface area contributed by atoms with Crippen LogP contribution in [0.5, 0.6) is 0 Å². The molecule has 5 nitrogen and oxygen atoms in total. The van der Waals surface area contributed by atoms with Gasteiger partial charge in [-0.05, 0) is 43.0 Å². The Morgan fingerprint density at radius 1 is 1.29 bits per heavy atom. The van der Waals surface area contributed by atoms with Gasteiger partial charge in [0, 0.05) is 15.8 Å². The minimum absolute atomic E-state index is 0.106. The zero-order valence-corrected chi connectivity index (χ0v) is 16.6. The predicted octanol–water partition coefficient (Wildman–Crippen LogP) is 5.08. The highest BCUT2D eigenvalue weighted by molar-refractivity contribution is 7.18. The molecule has 0 saturated heterocycles. The summed E-state index contributed by atoms with van der Waals surface area (Å²) in [7, 11) is 0. The van der Waals surface area contributed by atoms with Gasteiger partial charge in [-0.1, -0.05) is 12.1 Å². The SMILES string of the molecule is Cc1ccc(C(=O)O[C@@H](C)c2nc3scc(-c4cccs4)c3c(=O)[nH]2)cc1F. The lowest BCUT2D eigenvalue weighted by Crippen LogP contribution is -2.17. The number of nitrogens with one attached hydrogen (secondary N) is 1. The van der Waals surface area contributed by atoms with Crippen LogP contribution in [0.3, 0.4) is 0 Å². The quantitative estimate of drug-likeness (QED) is 0.473. The number of aryl methyl sites for hydroxylation is 1. The first-order chi connectivity index (χ1) is 13.4. The first-order valence-corrected chi connectivity index (χ1v) is 10.2. The number of hydrogen-bond acceptors (Lipinski definition) is 6. The van der Waals surface area contributed by atoms with E-state index in [1.807, 2.05) is 22.9 Å². The van der Waals surface area contributed by atoms with Gasteiger partial charge in [0.25, 0.3) is 5.56 Å². The van der Waals surface area contributed by atoms with Crippen LogP contribution in [-0.2, 0) is 4.74 Å². The van der Waals surface area contributed by atoms with E-state index in [-0.39, 0.29) is 16.9 Å². The number of carbonyl (C=O) groups excluding carboxylic acids is 1. The molecule has 0 unspecified atom stereocenters. The van der Waals surface area contributed by atoms with Crippen LogP contribution in [0.25, 0.3) is 20.7 Å². The minimum Gasteiger partial charge on any atom is -0.451 e. The number of halogens is 1. The first kappa shape index (κ1) is 18.5. The van der Waals surface area contributed by atoms with E-state index in [0.717, 1.165) is 16.5 Å². The largest absolute Gasteiger partial charge is 0.451 e. The molecule has 0 radical (unpaired) electrons. The number of nitrogens with zero attached hydrogens (tertiary/aromatic N) is 1. The molecule has 0 amide bonds. The minimum atomic E-state index is -0.791. The number of thiophene rings is 2. The maximum absolute atomic E-state index is 13.7. The van der Waals surface area contributed by atoms with Crippen molar-refractivity contribution in [2.75, 3.05) is 0 Å². The van der Waals surface area contributed by atoms with Crippen molar-refractivity contribution in [2.24, 2.45) is 0 Å². The molecule has 8 heteroatoms. The zero-order chi connectivity index (χ0) is 19.8. The molecule has 28 heavy (non-hydrogen) atoms. The third-order valence-corrected chi connectivity index (χ3v) is 6.10. The number of hydrogen-bond donors (Lipinski definition) is 1. The third kappa shape index (κ3) is 3.36. The normalized spacial score (nSPS) is 12.2. The second kappa shape index (κ2) is 7.29. The molecule has 0 aliphatic heterocycles. The van der Waals surface area contributed by atoms with Crippen LogP contribution in [0.1, 0.15) is 34.8 Å². The van der Waals surface area contributed by atoms with Gasteiger partial charge in [-0.25, -0.2) is 14.2 Å². The Morgan fingerprint density at radius 3 is 2.82 bits per heavy atom. The third-order valence-electron chi connectivity index (χ3n) is 4.33. The second-order valence-electron chi connectivity index (χ2n) is 6.27. The molecule has 0 fully saturated rings. The molecule has 0 bridgehead atoms. The second-order valence-corrected chi connectivity index (χ2v) is 8.08. The average Bonchev–Trinajstić information content (AvgIpc) is 3.33. The molecular formula is C20H15FN2O3S2. The fourth-order valence-electron chi connectivity index (χ4n) is 2.78. The summed E-state index contributed by atoms with van der Waals surface area (Å²) < 4.78 is 19.0. The fourth-order valence-corrected chi connectivity index (χ4v) is 4.54. The lowest BCUT2D eigenvalue weighted by molar-refractivity contribution is 0.0319. The van der Waals surface area contributed by atoms with E-state index in [2.05, 4.69) is 9.97 Å². The standard InChI is InChI=1S/C20H15FN2O3S2/c1-10-5-6-12(8-14(10)21)20(25)26-11(2)17-22-18(24)16-13(9-28-19(16)23-17)15-4-3-7-27-15/h3-9,11H,1-2H3,(H,22,23,24)/t11-/m0/s1. The molecule has 0 saturated carbocycles. The lowest BCUT2D eigenvalue weighted by atomic mass is 10.1. The van der Waals surface area contributed by atoms with Crippen molar-refractivity contribution in [1.82, 2.24) is 9.97 Å². The van der Waals surface area contributed by atoms with Gasteiger partial charge < -0.3 is 9.72 Å². The van der Waals surface area contributed by atoms with Crippen LogP contribution < -0.4 is 5.56 Å². The lowest BCUT2D eigenvalue weighted by Gasteiger charge is -2.13. The van der Waals surface area contributed by atoms with Gasteiger partial charge >= 0.3 is 5.97 Å². The predicted molar refractivity (Wildman–Crippen MR) is 109 cm³/mol. The summed E-state index contributed by atoms with van der Waals surface area (Å²) in [5.74, 6) is -0.910. The fraction of sp³-hybridized carbons (Fsp3) is 0.150. The molecule has 0 aliphatic carbocycles. The summed E-state index contributed by atoms with van der Waals surface area (Å²) in [4.78, 5) is 33.7. The number of esters is 1. The molecule has 1 aromatic carbocycles. The van der Waals surface area contributed by atoms with E-state index in [4.69, 9.17) is 4.74 Å². The molecule has 3 aromatic heterocycles. The highest BCUT2D eigenvalue weighted by Gasteiger charge is 2.20. The Balaban J connectivity index is 1.63. The van der Waals surface area contributed by atoms with E-state index >= 15 is 0 Å². The summed E-state index contributed by atoms with van der Waals surface area (Å²) in [6.45, 7) is 3.22. The van der Waals surface area contributed by atoms with Crippen molar-refractivity contribution in [3.63, 3.8) is 0 Å². The number of H-pyrrole nitrogens is 1. The Labute approximate surface area is 167 Å². The topological polar surface area (TPSA) is 72.0 Å². The number of aromatic nitrogens is 2. The van der Waals surface area contributed by atoms with Crippen LogP contribution in [0.2, 0.25) is 0 Å². The maximum Gasteiger partial charge on any atom is 0.338 e. The number of aromatic amines is 1. The Morgan fingerprint density at radius 2 is 2.11 bits per heavy atom. The molecule has 4 aromatic rings. The number of rotatable bonds is 4. The van der Waals surface area contributed by atoms with Crippen LogP contribution >= 0.6 is 22.7 Å². The van der Waals surface area contributed by atoms with Gasteiger partial charge in [0.2, 0.25) is 0 Å². The van der Waals surface area contributed by atoms with Crippen molar-refractivity contribution < 1.29 is 13.9 Å². The van der Waals surface area contributed by atoms with Gasteiger partial charge in [0.15, 0.2) is 11.9 Å². The van der Waals surface area contributed by atoms with E-state index in [1.54, 1.807) is 25.2 Å². The van der Waals surface area contributed by atoms with E-state index < -0.39 is 17.9 Å². The van der Waals surface area contributed by atoms with Crippen molar-refractivity contribution in [1.29, 1.82) is 0 Å². The number of benzene rings is 1.